The molecule has 0 bridgehead atoms. The van der Waals surface area contributed by atoms with Gasteiger partial charge in [0.15, 0.2) is 0 Å². The lowest BCUT2D eigenvalue weighted by Crippen LogP contribution is -2.31. The first-order chi connectivity index (χ1) is 9.69. The Kier molecular flexibility index (Phi) is 4.77. The predicted molar refractivity (Wildman–Crippen MR) is 81.0 cm³/mol. The van der Waals surface area contributed by atoms with Crippen molar-refractivity contribution in [3.8, 4) is 0 Å². The number of hydrogen-bond donors (Lipinski definition) is 2. The Morgan fingerprint density at radius 3 is 2.25 bits per heavy atom. The van der Waals surface area contributed by atoms with E-state index < -0.39 is 12.0 Å². The highest BCUT2D eigenvalue weighted by molar-refractivity contribution is 5.77. The summed E-state index contributed by atoms with van der Waals surface area (Å²) in [5.41, 5.74) is 3.09. The molecule has 0 unspecified atom stereocenters. The van der Waals surface area contributed by atoms with Crippen LogP contribution in [0.2, 0.25) is 0 Å². The molecule has 0 aliphatic heterocycles. The van der Waals surface area contributed by atoms with Crippen LogP contribution in [-0.2, 0) is 17.6 Å². The maximum atomic E-state index is 11.4. The van der Waals surface area contributed by atoms with Crippen molar-refractivity contribution >= 4 is 11.7 Å². The fourth-order valence-electron chi connectivity index (χ4n) is 2.09. The third-order valence-electron chi connectivity index (χ3n) is 3.28. The van der Waals surface area contributed by atoms with Crippen LogP contribution in [0.5, 0.6) is 0 Å². The van der Waals surface area contributed by atoms with E-state index in [0.717, 1.165) is 17.7 Å². The summed E-state index contributed by atoms with van der Waals surface area (Å²) in [5, 5.41) is 12.4. The zero-order chi connectivity index (χ0) is 14.4. The minimum absolute atomic E-state index is 0.464. The second kappa shape index (κ2) is 6.75. The van der Waals surface area contributed by atoms with E-state index in [4.69, 9.17) is 0 Å². The lowest BCUT2D eigenvalue weighted by atomic mass is 10.1. The Labute approximate surface area is 119 Å². The van der Waals surface area contributed by atoms with Crippen LogP contribution in [0.1, 0.15) is 18.1 Å². The van der Waals surface area contributed by atoms with Crippen LogP contribution in [0.15, 0.2) is 54.6 Å². The molecule has 0 fully saturated rings. The van der Waals surface area contributed by atoms with Crippen LogP contribution in [0.4, 0.5) is 5.69 Å². The van der Waals surface area contributed by atoms with E-state index in [2.05, 4.69) is 12.2 Å². The molecule has 0 spiro atoms. The van der Waals surface area contributed by atoms with E-state index in [0.29, 0.717) is 6.42 Å². The van der Waals surface area contributed by atoms with Crippen LogP contribution in [0, 0.1) is 0 Å². The molecule has 0 radical (unpaired) electrons. The molecule has 2 N–H and O–H groups in total. The van der Waals surface area contributed by atoms with Gasteiger partial charge in [0.2, 0.25) is 0 Å². The number of carboxylic acid groups (broad SMARTS) is 1. The van der Waals surface area contributed by atoms with Crippen LogP contribution < -0.4 is 5.32 Å². The number of aliphatic carboxylic acids is 1. The Morgan fingerprint density at radius 1 is 1.05 bits per heavy atom. The van der Waals surface area contributed by atoms with Crippen molar-refractivity contribution in [1.82, 2.24) is 0 Å². The third kappa shape index (κ3) is 3.85. The van der Waals surface area contributed by atoms with Gasteiger partial charge in [0.25, 0.3) is 0 Å². The molecule has 3 heteroatoms. The summed E-state index contributed by atoms with van der Waals surface area (Å²) in [6, 6.07) is 16.9. The van der Waals surface area contributed by atoms with Crippen LogP contribution >= 0.6 is 0 Å². The molecule has 2 aromatic carbocycles. The maximum absolute atomic E-state index is 11.4. The van der Waals surface area contributed by atoms with Crippen LogP contribution in [0.3, 0.4) is 0 Å². The SMILES string of the molecule is CCc1ccc(N[C@@H](Cc2ccccc2)C(=O)O)cc1. The highest BCUT2D eigenvalue weighted by Gasteiger charge is 2.17. The minimum atomic E-state index is -0.839. The summed E-state index contributed by atoms with van der Waals surface area (Å²) < 4.78 is 0. The number of carboxylic acids is 1. The first kappa shape index (κ1) is 14.1. The molecule has 2 aromatic rings. The fraction of sp³-hybridized carbons (Fsp3) is 0.235. The van der Waals surface area contributed by atoms with Gasteiger partial charge in [-0.3, -0.25) is 0 Å². The van der Waals surface area contributed by atoms with Gasteiger partial charge in [0.05, 0.1) is 0 Å². The Hall–Kier alpha value is -2.29. The molecule has 1 atom stereocenters. The molecule has 0 saturated carbocycles. The van der Waals surface area contributed by atoms with Gasteiger partial charge in [0.1, 0.15) is 6.04 Å². The van der Waals surface area contributed by atoms with Gasteiger partial charge < -0.3 is 10.4 Å². The van der Waals surface area contributed by atoms with Crippen molar-refractivity contribution in [3.05, 3.63) is 65.7 Å². The summed E-state index contributed by atoms with van der Waals surface area (Å²) in [5.74, 6) is -0.839. The zero-order valence-electron chi connectivity index (χ0n) is 11.5. The van der Waals surface area contributed by atoms with E-state index in [9.17, 15) is 9.90 Å². The minimum Gasteiger partial charge on any atom is -0.480 e. The van der Waals surface area contributed by atoms with Crippen molar-refractivity contribution < 1.29 is 9.90 Å². The van der Waals surface area contributed by atoms with Crippen LogP contribution in [-0.4, -0.2) is 17.1 Å². The number of hydrogen-bond acceptors (Lipinski definition) is 2. The molecule has 2 rings (SSSR count). The smallest absolute Gasteiger partial charge is 0.326 e. The number of carbonyl (C=O) groups is 1. The first-order valence-corrected chi connectivity index (χ1v) is 6.81. The standard InChI is InChI=1S/C17H19NO2/c1-2-13-8-10-15(11-9-13)18-16(17(19)20)12-14-6-4-3-5-7-14/h3-11,16,18H,2,12H2,1H3,(H,19,20)/t16-/m0/s1. The average molecular weight is 269 g/mol. The summed E-state index contributed by atoms with van der Waals surface area (Å²) in [6.45, 7) is 2.10. The van der Waals surface area contributed by atoms with E-state index in [-0.39, 0.29) is 0 Å². The quantitative estimate of drug-likeness (QED) is 0.845. The molecule has 0 aromatic heterocycles. The van der Waals surface area contributed by atoms with Gasteiger partial charge in [-0.2, -0.15) is 0 Å². The number of anilines is 1. The number of rotatable bonds is 6. The number of benzene rings is 2. The van der Waals surface area contributed by atoms with Gasteiger partial charge in [-0.1, -0.05) is 49.4 Å². The van der Waals surface area contributed by atoms with Gasteiger partial charge in [-0.15, -0.1) is 0 Å². The second-order valence-corrected chi connectivity index (χ2v) is 4.78. The van der Waals surface area contributed by atoms with Crippen molar-refractivity contribution in [2.45, 2.75) is 25.8 Å². The number of nitrogens with one attached hydrogen (secondary N) is 1. The summed E-state index contributed by atoms with van der Waals surface area (Å²) in [6.07, 6.45) is 1.44. The van der Waals surface area contributed by atoms with Crippen molar-refractivity contribution in [3.63, 3.8) is 0 Å². The summed E-state index contributed by atoms with van der Waals surface area (Å²) in [4.78, 5) is 11.4. The molecular formula is C17H19NO2. The Morgan fingerprint density at radius 2 is 1.70 bits per heavy atom. The normalized spacial score (nSPS) is 11.8. The first-order valence-electron chi connectivity index (χ1n) is 6.81. The molecule has 0 heterocycles. The van der Waals surface area contributed by atoms with Gasteiger partial charge in [-0.05, 0) is 29.7 Å². The molecule has 0 amide bonds. The molecule has 0 saturated heterocycles. The third-order valence-corrected chi connectivity index (χ3v) is 3.28. The van der Waals surface area contributed by atoms with E-state index in [1.807, 2.05) is 54.6 Å². The molecule has 0 aliphatic rings. The average Bonchev–Trinajstić information content (AvgIpc) is 2.48. The Balaban J connectivity index is 2.07. The fourth-order valence-corrected chi connectivity index (χ4v) is 2.09. The van der Waals surface area contributed by atoms with E-state index in [1.165, 1.54) is 5.56 Å². The van der Waals surface area contributed by atoms with Gasteiger partial charge in [-0.25, -0.2) is 4.79 Å². The van der Waals surface area contributed by atoms with E-state index >= 15 is 0 Å². The highest BCUT2D eigenvalue weighted by atomic mass is 16.4. The summed E-state index contributed by atoms with van der Waals surface area (Å²) in [7, 11) is 0. The topological polar surface area (TPSA) is 49.3 Å². The predicted octanol–water partition coefficient (Wildman–Crippen LogP) is 3.36. The second-order valence-electron chi connectivity index (χ2n) is 4.78. The van der Waals surface area contributed by atoms with Crippen molar-refractivity contribution in [2.24, 2.45) is 0 Å². The maximum Gasteiger partial charge on any atom is 0.326 e. The van der Waals surface area contributed by atoms with Crippen LogP contribution in [0.25, 0.3) is 0 Å². The number of aryl methyl sites for hydroxylation is 1. The van der Waals surface area contributed by atoms with E-state index in [1.54, 1.807) is 0 Å². The Bertz CT molecular complexity index is 549. The molecule has 104 valence electrons. The van der Waals surface area contributed by atoms with Crippen molar-refractivity contribution in [2.75, 3.05) is 5.32 Å². The molecule has 0 aliphatic carbocycles. The highest BCUT2D eigenvalue weighted by Crippen LogP contribution is 2.13. The lowest BCUT2D eigenvalue weighted by Gasteiger charge is -2.16. The van der Waals surface area contributed by atoms with Crippen molar-refractivity contribution in [1.29, 1.82) is 0 Å². The molecular weight excluding hydrogens is 250 g/mol. The summed E-state index contributed by atoms with van der Waals surface area (Å²) >= 11 is 0. The zero-order valence-corrected chi connectivity index (χ0v) is 11.5. The monoisotopic (exact) mass is 269 g/mol. The lowest BCUT2D eigenvalue weighted by molar-refractivity contribution is -0.137. The van der Waals surface area contributed by atoms with Gasteiger partial charge >= 0.3 is 5.97 Å². The molecule has 20 heavy (non-hydrogen) atoms. The molecule has 3 nitrogen and oxygen atoms in total. The largest absolute Gasteiger partial charge is 0.480 e. The van der Waals surface area contributed by atoms with Gasteiger partial charge in [0, 0.05) is 12.1 Å².